The predicted molar refractivity (Wildman–Crippen MR) is 89.2 cm³/mol. The molecule has 0 unspecified atom stereocenters. The van der Waals surface area contributed by atoms with Crippen LogP contribution in [0.2, 0.25) is 5.02 Å². The molecule has 5 heteroatoms. The highest BCUT2D eigenvalue weighted by atomic mass is 35.5. The van der Waals surface area contributed by atoms with E-state index < -0.39 is 0 Å². The van der Waals surface area contributed by atoms with E-state index in [0.717, 1.165) is 22.7 Å². The fourth-order valence-electron chi connectivity index (χ4n) is 2.07. The highest BCUT2D eigenvalue weighted by Gasteiger charge is 2.08. The molecule has 0 heterocycles. The molecule has 0 saturated carbocycles. The van der Waals surface area contributed by atoms with Crippen LogP contribution >= 0.6 is 11.6 Å². The lowest BCUT2D eigenvalue weighted by Gasteiger charge is -2.15. The second kappa shape index (κ2) is 7.80. The number of hydrogen-bond acceptors (Lipinski definition) is 4. The second-order valence-electron chi connectivity index (χ2n) is 4.65. The number of ether oxygens (including phenoxy) is 2. The van der Waals surface area contributed by atoms with Crippen molar-refractivity contribution in [3.63, 3.8) is 0 Å². The molecule has 4 nitrogen and oxygen atoms in total. The lowest BCUT2D eigenvalue weighted by Crippen LogP contribution is -2.03. The number of phenols is 1. The highest BCUT2D eigenvalue weighted by molar-refractivity contribution is 6.30. The van der Waals surface area contributed by atoms with E-state index in [-0.39, 0.29) is 5.75 Å². The topological polar surface area (TPSA) is 50.7 Å². The lowest BCUT2D eigenvalue weighted by atomic mass is 10.2. The largest absolute Gasteiger partial charge is 0.508 e. The van der Waals surface area contributed by atoms with Crippen LogP contribution in [0, 0.1) is 0 Å². The van der Waals surface area contributed by atoms with Gasteiger partial charge in [-0.05, 0) is 44.2 Å². The summed E-state index contributed by atoms with van der Waals surface area (Å²) in [6, 6.07) is 10.6. The molecular formula is C17H20ClNO3. The van der Waals surface area contributed by atoms with Gasteiger partial charge in [0.1, 0.15) is 17.2 Å². The summed E-state index contributed by atoms with van der Waals surface area (Å²) in [5.41, 5.74) is 1.56. The fourth-order valence-corrected chi connectivity index (χ4v) is 2.26. The van der Waals surface area contributed by atoms with E-state index in [1.54, 1.807) is 18.2 Å². The Morgan fingerprint density at radius 3 is 2.55 bits per heavy atom. The Hall–Kier alpha value is -2.07. The number of anilines is 1. The van der Waals surface area contributed by atoms with Gasteiger partial charge in [-0.2, -0.15) is 0 Å². The third-order valence-corrected chi connectivity index (χ3v) is 3.31. The van der Waals surface area contributed by atoms with Crippen LogP contribution in [0.15, 0.2) is 36.4 Å². The average Bonchev–Trinajstić information content (AvgIpc) is 2.50. The van der Waals surface area contributed by atoms with Crippen LogP contribution in [-0.2, 0) is 6.54 Å². The maximum Gasteiger partial charge on any atom is 0.146 e. The molecule has 0 amide bonds. The van der Waals surface area contributed by atoms with E-state index in [1.807, 2.05) is 32.0 Å². The fraction of sp³-hybridized carbons (Fsp3) is 0.294. The molecule has 0 spiro atoms. The Morgan fingerprint density at radius 2 is 1.82 bits per heavy atom. The van der Waals surface area contributed by atoms with Gasteiger partial charge in [0.25, 0.3) is 0 Å². The van der Waals surface area contributed by atoms with Crippen LogP contribution in [0.5, 0.6) is 17.2 Å². The van der Waals surface area contributed by atoms with Gasteiger partial charge >= 0.3 is 0 Å². The third kappa shape index (κ3) is 4.21. The minimum atomic E-state index is 0.209. The molecule has 2 aromatic carbocycles. The Bertz CT molecular complexity index is 631. The van der Waals surface area contributed by atoms with Crippen molar-refractivity contribution in [3.05, 3.63) is 47.0 Å². The molecule has 2 rings (SSSR count). The molecule has 0 atom stereocenters. The van der Waals surface area contributed by atoms with Gasteiger partial charge in [0.05, 0.1) is 18.9 Å². The van der Waals surface area contributed by atoms with Crippen LogP contribution < -0.4 is 14.8 Å². The van der Waals surface area contributed by atoms with E-state index in [9.17, 15) is 5.11 Å². The molecule has 2 N–H and O–H groups in total. The minimum Gasteiger partial charge on any atom is -0.508 e. The number of nitrogens with one attached hydrogen (secondary N) is 1. The SMILES string of the molecule is CCOc1ccc(NCc2cc(Cl)ccc2O)c(OCC)c1. The van der Waals surface area contributed by atoms with E-state index in [4.69, 9.17) is 21.1 Å². The quantitative estimate of drug-likeness (QED) is 0.790. The van der Waals surface area contributed by atoms with Gasteiger partial charge in [0.2, 0.25) is 0 Å². The van der Waals surface area contributed by atoms with Crippen molar-refractivity contribution in [3.8, 4) is 17.2 Å². The summed E-state index contributed by atoms with van der Waals surface area (Å²) < 4.78 is 11.1. The van der Waals surface area contributed by atoms with Gasteiger partial charge in [-0.15, -0.1) is 0 Å². The summed E-state index contributed by atoms with van der Waals surface area (Å²) in [7, 11) is 0. The summed E-state index contributed by atoms with van der Waals surface area (Å²) in [5, 5.41) is 13.7. The van der Waals surface area contributed by atoms with Gasteiger partial charge < -0.3 is 19.9 Å². The molecule has 22 heavy (non-hydrogen) atoms. The van der Waals surface area contributed by atoms with Gasteiger partial charge in [0.15, 0.2) is 0 Å². The molecule has 0 aromatic heterocycles. The molecule has 2 aromatic rings. The van der Waals surface area contributed by atoms with Crippen molar-refractivity contribution < 1.29 is 14.6 Å². The molecule has 0 aliphatic carbocycles. The predicted octanol–water partition coefficient (Wildman–Crippen LogP) is 4.46. The van der Waals surface area contributed by atoms with Gasteiger partial charge in [-0.25, -0.2) is 0 Å². The van der Waals surface area contributed by atoms with Crippen molar-refractivity contribution in [2.45, 2.75) is 20.4 Å². The second-order valence-corrected chi connectivity index (χ2v) is 5.09. The minimum absolute atomic E-state index is 0.209. The molecular weight excluding hydrogens is 302 g/mol. The van der Waals surface area contributed by atoms with E-state index >= 15 is 0 Å². The van der Waals surface area contributed by atoms with Crippen LogP contribution in [0.4, 0.5) is 5.69 Å². The van der Waals surface area contributed by atoms with Gasteiger partial charge in [-0.1, -0.05) is 11.6 Å². The Morgan fingerprint density at radius 1 is 1.05 bits per heavy atom. The number of halogens is 1. The van der Waals surface area contributed by atoms with Gasteiger partial charge in [0, 0.05) is 23.2 Å². The average molecular weight is 322 g/mol. The Balaban J connectivity index is 2.15. The Labute approximate surface area is 135 Å². The van der Waals surface area contributed by atoms with E-state index in [2.05, 4.69) is 5.32 Å². The molecule has 0 aliphatic rings. The Kier molecular flexibility index (Phi) is 5.78. The smallest absolute Gasteiger partial charge is 0.146 e. The normalized spacial score (nSPS) is 10.3. The number of hydrogen-bond donors (Lipinski definition) is 2. The van der Waals surface area contributed by atoms with Crippen molar-refractivity contribution in [2.24, 2.45) is 0 Å². The highest BCUT2D eigenvalue weighted by Crippen LogP contribution is 2.31. The molecule has 0 saturated heterocycles. The number of phenolic OH excluding ortho intramolecular Hbond substituents is 1. The zero-order valence-electron chi connectivity index (χ0n) is 12.7. The first-order valence-corrected chi connectivity index (χ1v) is 7.62. The van der Waals surface area contributed by atoms with Crippen LogP contribution in [0.1, 0.15) is 19.4 Å². The molecule has 0 radical (unpaired) electrons. The van der Waals surface area contributed by atoms with Gasteiger partial charge in [-0.3, -0.25) is 0 Å². The first-order valence-electron chi connectivity index (χ1n) is 7.25. The molecule has 118 valence electrons. The van der Waals surface area contributed by atoms with Crippen molar-refractivity contribution >= 4 is 17.3 Å². The van der Waals surface area contributed by atoms with Crippen LogP contribution in [0.3, 0.4) is 0 Å². The summed E-state index contributed by atoms with van der Waals surface area (Å²) in [6.45, 7) is 5.48. The van der Waals surface area contributed by atoms with Crippen LogP contribution in [0.25, 0.3) is 0 Å². The zero-order chi connectivity index (χ0) is 15.9. The number of rotatable bonds is 7. The standard InChI is InChI=1S/C17H20ClNO3/c1-3-21-14-6-7-15(17(10-14)22-4-2)19-11-12-9-13(18)5-8-16(12)20/h5-10,19-20H,3-4,11H2,1-2H3. The number of aromatic hydroxyl groups is 1. The zero-order valence-corrected chi connectivity index (χ0v) is 13.5. The van der Waals surface area contributed by atoms with E-state index in [1.165, 1.54) is 0 Å². The van der Waals surface area contributed by atoms with Crippen molar-refractivity contribution in [2.75, 3.05) is 18.5 Å². The summed E-state index contributed by atoms with van der Waals surface area (Å²) in [6.07, 6.45) is 0. The van der Waals surface area contributed by atoms with Crippen LogP contribution in [-0.4, -0.2) is 18.3 Å². The molecule has 0 bridgehead atoms. The maximum absolute atomic E-state index is 9.85. The molecule has 0 fully saturated rings. The summed E-state index contributed by atoms with van der Waals surface area (Å²) in [5.74, 6) is 1.69. The molecule has 0 aliphatic heterocycles. The number of benzene rings is 2. The van der Waals surface area contributed by atoms with Crippen molar-refractivity contribution in [1.29, 1.82) is 0 Å². The lowest BCUT2D eigenvalue weighted by molar-refractivity contribution is 0.324. The summed E-state index contributed by atoms with van der Waals surface area (Å²) >= 11 is 5.96. The van der Waals surface area contributed by atoms with E-state index in [0.29, 0.717) is 24.8 Å². The third-order valence-electron chi connectivity index (χ3n) is 3.07. The monoisotopic (exact) mass is 321 g/mol. The maximum atomic E-state index is 9.85. The first-order chi connectivity index (χ1) is 10.6. The summed E-state index contributed by atoms with van der Waals surface area (Å²) in [4.78, 5) is 0. The first kappa shape index (κ1) is 16.3. The van der Waals surface area contributed by atoms with Crippen molar-refractivity contribution in [1.82, 2.24) is 0 Å².